The third kappa shape index (κ3) is 2.52. The van der Waals surface area contributed by atoms with Gasteiger partial charge in [0.05, 0.1) is 0 Å². The van der Waals surface area contributed by atoms with E-state index < -0.39 is 12.1 Å². The Morgan fingerprint density at radius 1 is 1.44 bits per heavy atom. The first kappa shape index (κ1) is 10.9. The minimum Gasteiger partial charge on any atom is -0.447 e. The maximum atomic E-state index is 11.6. The van der Waals surface area contributed by atoms with E-state index in [1.807, 2.05) is 12.1 Å². The fourth-order valence-corrected chi connectivity index (χ4v) is 1.55. The van der Waals surface area contributed by atoms with E-state index in [0.29, 0.717) is 5.69 Å². The first-order chi connectivity index (χ1) is 7.65. The molecule has 2 N–H and O–H groups in total. The summed E-state index contributed by atoms with van der Waals surface area (Å²) in [6.07, 6.45) is -0.559. The smallest absolute Gasteiger partial charge is 0.407 e. The van der Waals surface area contributed by atoms with Crippen LogP contribution in [-0.4, -0.2) is 24.6 Å². The average Bonchev–Trinajstić information content (AvgIpc) is 2.68. The Morgan fingerprint density at radius 2 is 2.12 bits per heavy atom. The summed E-state index contributed by atoms with van der Waals surface area (Å²) in [5.41, 5.74) is 0.675. The predicted octanol–water partition coefficient (Wildman–Crippen LogP) is 1.50. The molecule has 84 valence electrons. The largest absolute Gasteiger partial charge is 0.447 e. The summed E-state index contributed by atoms with van der Waals surface area (Å²) in [5.74, 6) is -0.284. The summed E-state index contributed by atoms with van der Waals surface area (Å²) in [4.78, 5) is 22.4. The summed E-state index contributed by atoms with van der Waals surface area (Å²) in [5, 5.41) is 5.08. The van der Waals surface area contributed by atoms with Crippen LogP contribution in [0.5, 0.6) is 0 Å². The summed E-state index contributed by atoms with van der Waals surface area (Å²) in [6.45, 7) is 0.0706. The van der Waals surface area contributed by atoms with Gasteiger partial charge in [-0.25, -0.2) is 4.79 Å². The second-order valence-corrected chi connectivity index (χ2v) is 4.21. The lowest BCUT2D eigenvalue weighted by atomic mass is 10.2. The van der Waals surface area contributed by atoms with E-state index in [1.165, 1.54) is 0 Å². The molecule has 1 fully saturated rings. The van der Waals surface area contributed by atoms with Crippen molar-refractivity contribution in [2.24, 2.45) is 0 Å². The molecule has 1 aromatic rings. The molecular weight excluding hydrogens is 276 g/mol. The summed E-state index contributed by atoms with van der Waals surface area (Å²) in [7, 11) is 0. The molecule has 0 saturated carbocycles. The molecule has 0 bridgehead atoms. The Hall–Kier alpha value is -1.56. The Kier molecular flexibility index (Phi) is 3.09. The number of halogens is 1. The van der Waals surface area contributed by atoms with Crippen LogP contribution in [0.1, 0.15) is 0 Å². The van der Waals surface area contributed by atoms with Crippen LogP contribution in [0.4, 0.5) is 10.5 Å². The van der Waals surface area contributed by atoms with Crippen molar-refractivity contribution >= 4 is 33.6 Å². The predicted molar refractivity (Wildman–Crippen MR) is 61.0 cm³/mol. The summed E-state index contributed by atoms with van der Waals surface area (Å²) in [6, 6.07) is 6.55. The molecule has 1 unspecified atom stereocenters. The zero-order chi connectivity index (χ0) is 11.5. The number of hydrogen-bond acceptors (Lipinski definition) is 3. The van der Waals surface area contributed by atoms with Crippen LogP contribution in [0.2, 0.25) is 0 Å². The topological polar surface area (TPSA) is 67.4 Å². The van der Waals surface area contributed by atoms with Gasteiger partial charge in [-0.3, -0.25) is 4.79 Å². The lowest BCUT2D eigenvalue weighted by molar-refractivity contribution is -0.117. The Morgan fingerprint density at radius 3 is 2.69 bits per heavy atom. The van der Waals surface area contributed by atoms with Gasteiger partial charge in [0, 0.05) is 10.2 Å². The third-order valence-corrected chi connectivity index (χ3v) is 2.63. The number of hydrogen-bond donors (Lipinski definition) is 2. The minimum absolute atomic E-state index is 0.0706. The monoisotopic (exact) mass is 284 g/mol. The van der Waals surface area contributed by atoms with Gasteiger partial charge < -0.3 is 15.4 Å². The van der Waals surface area contributed by atoms with Gasteiger partial charge in [-0.2, -0.15) is 0 Å². The number of nitrogens with one attached hydrogen (secondary N) is 2. The molecule has 6 heteroatoms. The van der Waals surface area contributed by atoms with E-state index in [4.69, 9.17) is 0 Å². The molecular formula is C10H9BrN2O3. The maximum Gasteiger partial charge on any atom is 0.407 e. The number of carbonyl (C=O) groups is 2. The highest BCUT2D eigenvalue weighted by atomic mass is 79.9. The van der Waals surface area contributed by atoms with E-state index in [9.17, 15) is 9.59 Å². The number of benzene rings is 1. The lowest BCUT2D eigenvalue weighted by Gasteiger charge is -2.08. The van der Waals surface area contributed by atoms with Crippen molar-refractivity contribution in [3.8, 4) is 0 Å². The number of ether oxygens (including phenoxy) is 1. The molecule has 0 radical (unpaired) electrons. The maximum absolute atomic E-state index is 11.6. The molecule has 0 spiro atoms. The van der Waals surface area contributed by atoms with E-state index in [2.05, 4.69) is 31.3 Å². The van der Waals surface area contributed by atoms with Crippen LogP contribution >= 0.6 is 15.9 Å². The lowest BCUT2D eigenvalue weighted by Crippen LogP contribution is -2.38. The fraction of sp³-hybridized carbons (Fsp3) is 0.200. The number of rotatable bonds is 2. The van der Waals surface area contributed by atoms with Gasteiger partial charge in [0.2, 0.25) is 0 Å². The quantitative estimate of drug-likeness (QED) is 0.865. The van der Waals surface area contributed by atoms with Gasteiger partial charge in [0.1, 0.15) is 12.6 Å². The van der Waals surface area contributed by atoms with Crippen LogP contribution < -0.4 is 10.6 Å². The molecule has 2 amide bonds. The summed E-state index contributed by atoms with van der Waals surface area (Å²) < 4.78 is 5.56. The standard InChI is InChI=1S/C10H9BrN2O3/c11-6-1-3-7(4-2-6)12-9(14)8-5-16-10(15)13-8/h1-4,8H,5H2,(H,12,14)(H,13,15). The van der Waals surface area contributed by atoms with Gasteiger partial charge in [0.15, 0.2) is 0 Å². The van der Waals surface area contributed by atoms with Gasteiger partial charge >= 0.3 is 6.09 Å². The molecule has 0 aliphatic carbocycles. The zero-order valence-corrected chi connectivity index (χ0v) is 9.78. The van der Waals surface area contributed by atoms with Crippen molar-refractivity contribution < 1.29 is 14.3 Å². The van der Waals surface area contributed by atoms with E-state index >= 15 is 0 Å². The van der Waals surface area contributed by atoms with Crippen molar-refractivity contribution in [2.75, 3.05) is 11.9 Å². The highest BCUT2D eigenvalue weighted by Crippen LogP contribution is 2.14. The summed E-state index contributed by atoms with van der Waals surface area (Å²) >= 11 is 3.30. The highest BCUT2D eigenvalue weighted by molar-refractivity contribution is 9.10. The van der Waals surface area contributed by atoms with Crippen molar-refractivity contribution in [3.05, 3.63) is 28.7 Å². The van der Waals surface area contributed by atoms with Crippen molar-refractivity contribution in [2.45, 2.75) is 6.04 Å². The van der Waals surface area contributed by atoms with Gasteiger partial charge in [-0.1, -0.05) is 15.9 Å². The third-order valence-electron chi connectivity index (χ3n) is 2.10. The number of carbonyl (C=O) groups excluding carboxylic acids is 2. The van der Waals surface area contributed by atoms with E-state index in [-0.39, 0.29) is 12.5 Å². The molecule has 5 nitrogen and oxygen atoms in total. The Balaban J connectivity index is 1.97. The first-order valence-electron chi connectivity index (χ1n) is 4.65. The zero-order valence-electron chi connectivity index (χ0n) is 8.20. The first-order valence-corrected chi connectivity index (χ1v) is 5.44. The highest BCUT2D eigenvalue weighted by Gasteiger charge is 2.28. The normalized spacial score (nSPS) is 18.8. The van der Waals surface area contributed by atoms with E-state index in [0.717, 1.165) is 4.47 Å². The second kappa shape index (κ2) is 4.52. The number of anilines is 1. The van der Waals surface area contributed by atoms with Crippen molar-refractivity contribution in [3.63, 3.8) is 0 Å². The van der Waals surface area contributed by atoms with Crippen molar-refractivity contribution in [1.82, 2.24) is 5.32 Å². The minimum atomic E-state index is -0.615. The Bertz CT molecular complexity index is 419. The molecule has 1 aromatic carbocycles. The molecule has 1 aliphatic heterocycles. The van der Waals surface area contributed by atoms with Gasteiger partial charge in [0.25, 0.3) is 5.91 Å². The number of amides is 2. The van der Waals surface area contributed by atoms with Gasteiger partial charge in [-0.15, -0.1) is 0 Å². The molecule has 2 rings (SSSR count). The Labute approximate surface area is 100 Å². The number of cyclic esters (lactones) is 1. The van der Waals surface area contributed by atoms with Crippen LogP contribution in [0.3, 0.4) is 0 Å². The van der Waals surface area contributed by atoms with Crippen LogP contribution in [0.25, 0.3) is 0 Å². The molecule has 16 heavy (non-hydrogen) atoms. The molecule has 1 heterocycles. The average molecular weight is 285 g/mol. The van der Waals surface area contributed by atoms with Crippen LogP contribution in [-0.2, 0) is 9.53 Å². The molecule has 1 aliphatic rings. The second-order valence-electron chi connectivity index (χ2n) is 3.29. The van der Waals surface area contributed by atoms with Crippen LogP contribution in [0.15, 0.2) is 28.7 Å². The molecule has 1 saturated heterocycles. The van der Waals surface area contributed by atoms with Crippen LogP contribution in [0, 0.1) is 0 Å². The number of alkyl carbamates (subject to hydrolysis) is 1. The van der Waals surface area contributed by atoms with Crippen molar-refractivity contribution in [1.29, 1.82) is 0 Å². The van der Waals surface area contributed by atoms with E-state index in [1.54, 1.807) is 12.1 Å². The SMILES string of the molecule is O=C1NC(C(=O)Nc2ccc(Br)cc2)CO1. The fourth-order valence-electron chi connectivity index (χ4n) is 1.29. The van der Waals surface area contributed by atoms with Gasteiger partial charge in [-0.05, 0) is 24.3 Å². The molecule has 0 aromatic heterocycles. The molecule has 1 atom stereocenters.